The molecule has 1 atom stereocenters. The monoisotopic (exact) mass is 296 g/mol. The van der Waals surface area contributed by atoms with Crippen molar-refractivity contribution in [1.29, 1.82) is 0 Å². The van der Waals surface area contributed by atoms with Gasteiger partial charge in [-0.2, -0.15) is 0 Å². The second-order valence-electron chi connectivity index (χ2n) is 4.97. The molecule has 0 aliphatic carbocycles. The topological polar surface area (TPSA) is 55.1 Å². The van der Waals surface area contributed by atoms with Crippen LogP contribution in [0, 0.1) is 0 Å². The summed E-state index contributed by atoms with van der Waals surface area (Å²) in [6.45, 7) is 2.00. The summed E-state index contributed by atoms with van der Waals surface area (Å²) in [6, 6.07) is 17.8. The van der Waals surface area contributed by atoms with Crippen molar-refractivity contribution in [1.82, 2.24) is 5.32 Å². The molecule has 21 heavy (non-hydrogen) atoms. The van der Waals surface area contributed by atoms with Crippen LogP contribution < -0.4 is 11.1 Å². The third-order valence-electron chi connectivity index (χ3n) is 3.49. The van der Waals surface area contributed by atoms with Gasteiger partial charge in [0.25, 0.3) is 5.91 Å². The molecular weight excluding hydrogens is 280 g/mol. The van der Waals surface area contributed by atoms with Gasteiger partial charge in [-0.3, -0.25) is 4.79 Å². The van der Waals surface area contributed by atoms with Crippen LogP contribution in [0.5, 0.6) is 0 Å². The molecule has 2 aromatic carbocycles. The number of carbonyl (C=O) groups is 1. The number of amides is 1. The molecule has 3 nitrogen and oxygen atoms in total. The minimum absolute atomic E-state index is 0.0630. The number of nitrogens with two attached hydrogens (primary N) is 1. The zero-order valence-corrected chi connectivity index (χ0v) is 12.5. The zero-order chi connectivity index (χ0) is 14.8. The van der Waals surface area contributed by atoms with E-state index >= 15 is 0 Å². The van der Waals surface area contributed by atoms with Crippen LogP contribution in [0.15, 0.2) is 54.6 Å². The molecule has 0 unspecified atom stereocenters. The highest BCUT2D eigenvalue weighted by Crippen LogP contribution is 2.25. The summed E-state index contributed by atoms with van der Waals surface area (Å²) in [5, 5.41) is 6.03. The minimum atomic E-state index is -0.0860. The zero-order valence-electron chi connectivity index (χ0n) is 11.7. The second-order valence-corrected chi connectivity index (χ2v) is 6.08. The Hall–Kier alpha value is -2.33. The third-order valence-corrected chi connectivity index (χ3v) is 4.40. The first-order valence-corrected chi connectivity index (χ1v) is 7.60. The largest absolute Gasteiger partial charge is 0.391 e. The van der Waals surface area contributed by atoms with Gasteiger partial charge in [0.1, 0.15) is 0 Å². The van der Waals surface area contributed by atoms with Crippen molar-refractivity contribution in [2.75, 3.05) is 5.73 Å². The lowest BCUT2D eigenvalue weighted by molar-refractivity contribution is 0.0944. The number of benzene rings is 2. The highest BCUT2D eigenvalue weighted by Gasteiger charge is 2.14. The number of nitrogens with one attached hydrogen (secondary N) is 1. The second kappa shape index (κ2) is 5.58. The van der Waals surface area contributed by atoms with Gasteiger partial charge in [-0.1, -0.05) is 42.5 Å². The summed E-state index contributed by atoms with van der Waals surface area (Å²) in [4.78, 5) is 12.9. The van der Waals surface area contributed by atoms with Gasteiger partial charge in [0.15, 0.2) is 0 Å². The van der Waals surface area contributed by atoms with Crippen molar-refractivity contribution in [3.05, 3.63) is 65.0 Å². The predicted octanol–water partition coefficient (Wildman–Crippen LogP) is 3.97. The molecule has 0 aliphatic rings. The number of hydrogen-bond acceptors (Lipinski definition) is 3. The summed E-state index contributed by atoms with van der Waals surface area (Å²) in [6.07, 6.45) is 0. The number of rotatable bonds is 3. The third kappa shape index (κ3) is 2.76. The molecule has 3 aromatic rings. The Kier molecular flexibility index (Phi) is 3.62. The van der Waals surface area contributed by atoms with Crippen LogP contribution >= 0.6 is 11.3 Å². The summed E-state index contributed by atoms with van der Waals surface area (Å²) in [5.41, 5.74) is 6.79. The molecule has 106 valence electrons. The first-order valence-electron chi connectivity index (χ1n) is 6.79. The Balaban J connectivity index is 1.87. The van der Waals surface area contributed by atoms with Gasteiger partial charge < -0.3 is 11.1 Å². The Bertz CT molecular complexity index is 789. The van der Waals surface area contributed by atoms with Crippen LogP contribution in [-0.4, -0.2) is 5.91 Å². The fourth-order valence-electron chi connectivity index (χ4n) is 2.45. The standard InChI is InChI=1S/C17H16N2OS/c1-11(19-17(20)15-9-10-16(18)21-15)13-8-4-6-12-5-2-3-7-14(12)13/h2-11H,18H2,1H3,(H,19,20)/t11-/m1/s1. The molecule has 0 saturated heterocycles. The van der Waals surface area contributed by atoms with Crippen molar-refractivity contribution in [3.8, 4) is 0 Å². The average Bonchev–Trinajstić information content (AvgIpc) is 2.93. The molecule has 0 radical (unpaired) electrons. The minimum Gasteiger partial charge on any atom is -0.391 e. The molecule has 0 fully saturated rings. The fraction of sp³-hybridized carbons (Fsp3) is 0.118. The van der Waals surface area contributed by atoms with E-state index in [9.17, 15) is 4.79 Å². The lowest BCUT2D eigenvalue weighted by atomic mass is 10.00. The summed E-state index contributed by atoms with van der Waals surface area (Å²) < 4.78 is 0. The molecule has 0 bridgehead atoms. The molecule has 0 aliphatic heterocycles. The van der Waals surface area contributed by atoms with Crippen LogP contribution in [-0.2, 0) is 0 Å². The Morgan fingerprint density at radius 1 is 1.10 bits per heavy atom. The number of nitrogen functional groups attached to an aromatic ring is 1. The molecule has 4 heteroatoms. The molecular formula is C17H16N2OS. The molecule has 0 spiro atoms. The lowest BCUT2D eigenvalue weighted by Gasteiger charge is -2.16. The number of carbonyl (C=O) groups excluding carboxylic acids is 1. The van der Waals surface area contributed by atoms with Crippen molar-refractivity contribution >= 4 is 33.0 Å². The normalized spacial score (nSPS) is 12.2. The molecule has 1 aromatic heterocycles. The van der Waals surface area contributed by atoms with Gasteiger partial charge in [-0.25, -0.2) is 0 Å². The van der Waals surface area contributed by atoms with Crippen LogP contribution in [0.2, 0.25) is 0 Å². The highest BCUT2D eigenvalue weighted by atomic mass is 32.1. The van der Waals surface area contributed by atoms with E-state index in [0.717, 1.165) is 5.56 Å². The van der Waals surface area contributed by atoms with E-state index in [0.29, 0.717) is 9.88 Å². The van der Waals surface area contributed by atoms with Crippen LogP contribution in [0.3, 0.4) is 0 Å². The van der Waals surface area contributed by atoms with Gasteiger partial charge in [-0.05, 0) is 35.4 Å². The Morgan fingerprint density at radius 3 is 2.62 bits per heavy atom. The molecule has 0 saturated carbocycles. The highest BCUT2D eigenvalue weighted by molar-refractivity contribution is 7.17. The van der Waals surface area contributed by atoms with Crippen LogP contribution in [0.25, 0.3) is 10.8 Å². The van der Waals surface area contributed by atoms with Gasteiger partial charge in [0.2, 0.25) is 0 Å². The van der Waals surface area contributed by atoms with Gasteiger partial charge in [-0.15, -0.1) is 11.3 Å². The SMILES string of the molecule is C[C@@H](NC(=O)c1ccc(N)s1)c1cccc2ccccc12. The first-order chi connectivity index (χ1) is 10.1. The fourth-order valence-corrected chi connectivity index (χ4v) is 3.13. The molecule has 1 heterocycles. The van der Waals surface area contributed by atoms with Gasteiger partial charge in [0, 0.05) is 0 Å². The number of anilines is 1. The molecule has 3 rings (SSSR count). The van der Waals surface area contributed by atoms with E-state index in [2.05, 4.69) is 29.6 Å². The van der Waals surface area contributed by atoms with E-state index in [1.165, 1.54) is 22.1 Å². The van der Waals surface area contributed by atoms with E-state index in [-0.39, 0.29) is 11.9 Å². The average molecular weight is 296 g/mol. The van der Waals surface area contributed by atoms with E-state index in [4.69, 9.17) is 5.73 Å². The molecule has 3 N–H and O–H groups in total. The smallest absolute Gasteiger partial charge is 0.261 e. The van der Waals surface area contributed by atoms with Crippen molar-refractivity contribution in [2.45, 2.75) is 13.0 Å². The summed E-state index contributed by atoms with van der Waals surface area (Å²) in [5.74, 6) is -0.0860. The van der Waals surface area contributed by atoms with E-state index in [1.54, 1.807) is 12.1 Å². The number of fused-ring (bicyclic) bond motifs is 1. The lowest BCUT2D eigenvalue weighted by Crippen LogP contribution is -2.26. The molecule has 1 amide bonds. The van der Waals surface area contributed by atoms with Crippen molar-refractivity contribution in [3.63, 3.8) is 0 Å². The van der Waals surface area contributed by atoms with E-state index in [1.807, 2.05) is 25.1 Å². The predicted molar refractivity (Wildman–Crippen MR) is 88.6 cm³/mol. The van der Waals surface area contributed by atoms with Crippen LogP contribution in [0.4, 0.5) is 5.00 Å². The maximum absolute atomic E-state index is 12.2. The number of hydrogen-bond donors (Lipinski definition) is 2. The number of thiophene rings is 1. The van der Waals surface area contributed by atoms with E-state index < -0.39 is 0 Å². The maximum Gasteiger partial charge on any atom is 0.261 e. The van der Waals surface area contributed by atoms with Gasteiger partial charge >= 0.3 is 0 Å². The summed E-state index contributed by atoms with van der Waals surface area (Å²) in [7, 11) is 0. The first kappa shape index (κ1) is 13.6. The quantitative estimate of drug-likeness (QED) is 0.768. The maximum atomic E-state index is 12.2. The van der Waals surface area contributed by atoms with Crippen LogP contribution in [0.1, 0.15) is 28.2 Å². The van der Waals surface area contributed by atoms with Crippen molar-refractivity contribution < 1.29 is 4.79 Å². The Labute approximate surface area is 127 Å². The van der Waals surface area contributed by atoms with Crippen molar-refractivity contribution in [2.24, 2.45) is 0 Å². The van der Waals surface area contributed by atoms with Gasteiger partial charge in [0.05, 0.1) is 15.9 Å². The summed E-state index contributed by atoms with van der Waals surface area (Å²) >= 11 is 1.30. The Morgan fingerprint density at radius 2 is 1.86 bits per heavy atom.